The smallest absolute Gasteiger partial charge is 0.306 e. The molecule has 1 heterocycles. The van der Waals surface area contributed by atoms with Gasteiger partial charge >= 0.3 is 5.97 Å². The maximum absolute atomic E-state index is 11.9. The Hall–Kier alpha value is -2.08. The van der Waals surface area contributed by atoms with Gasteiger partial charge in [-0.15, -0.1) is 0 Å². The largest absolute Gasteiger partial charge is 0.508 e. The van der Waals surface area contributed by atoms with Crippen LogP contribution < -0.4 is 4.90 Å². The highest BCUT2D eigenvalue weighted by molar-refractivity contribution is 5.95. The van der Waals surface area contributed by atoms with Gasteiger partial charge in [0.25, 0.3) is 5.91 Å². The van der Waals surface area contributed by atoms with E-state index in [4.69, 9.17) is 9.84 Å². The number of rotatable bonds is 3. The van der Waals surface area contributed by atoms with E-state index >= 15 is 0 Å². The molecule has 1 fully saturated rings. The maximum Gasteiger partial charge on any atom is 0.306 e. The van der Waals surface area contributed by atoms with E-state index in [1.54, 1.807) is 19.1 Å². The molecule has 0 spiro atoms. The van der Waals surface area contributed by atoms with Crippen LogP contribution in [0.1, 0.15) is 13.3 Å². The van der Waals surface area contributed by atoms with Crippen molar-refractivity contribution in [1.82, 2.24) is 0 Å². The van der Waals surface area contributed by atoms with E-state index < -0.39 is 11.6 Å². The summed E-state index contributed by atoms with van der Waals surface area (Å²) in [6.45, 7) is 1.63. The number of hydrogen-bond acceptors (Lipinski definition) is 4. The molecule has 6 nitrogen and oxygen atoms in total. The summed E-state index contributed by atoms with van der Waals surface area (Å²) in [6.07, 6.45) is -0.185. The summed E-state index contributed by atoms with van der Waals surface area (Å²) in [5.74, 6) is -1.18. The summed E-state index contributed by atoms with van der Waals surface area (Å²) in [5.41, 5.74) is -0.393. The highest BCUT2D eigenvalue weighted by Crippen LogP contribution is 2.28. The number of phenolic OH excluding ortho intramolecular Hbond substituents is 1. The summed E-state index contributed by atoms with van der Waals surface area (Å²) < 4.78 is 5.34. The van der Waals surface area contributed by atoms with E-state index in [2.05, 4.69) is 0 Å². The molecule has 1 aliphatic heterocycles. The summed E-state index contributed by atoms with van der Waals surface area (Å²) in [6, 6.07) is 6.28. The number of carboxylic acids is 1. The zero-order valence-corrected chi connectivity index (χ0v) is 10.5. The van der Waals surface area contributed by atoms with Gasteiger partial charge in [0.15, 0.2) is 0 Å². The molecule has 102 valence electrons. The highest BCUT2D eigenvalue weighted by atomic mass is 16.5. The standard InChI is InChI=1S/C13H15NO5/c1-13(6-12(17)18)8-14(11(16)7-19-13)9-3-2-4-10(15)5-9/h2-5,15H,6-8H2,1H3,(H,17,18). The first-order valence-electron chi connectivity index (χ1n) is 5.85. The number of nitrogens with zero attached hydrogens (tertiary/aromatic N) is 1. The van der Waals surface area contributed by atoms with Gasteiger partial charge in [-0.05, 0) is 19.1 Å². The summed E-state index contributed by atoms with van der Waals surface area (Å²) in [4.78, 5) is 24.1. The molecular formula is C13H15NO5. The number of anilines is 1. The van der Waals surface area contributed by atoms with E-state index in [9.17, 15) is 14.7 Å². The molecule has 1 atom stereocenters. The molecule has 2 N–H and O–H groups in total. The SMILES string of the molecule is CC1(CC(=O)O)CN(c2cccc(O)c2)C(=O)CO1. The van der Waals surface area contributed by atoms with Crippen molar-refractivity contribution in [3.63, 3.8) is 0 Å². The minimum atomic E-state index is -0.979. The summed E-state index contributed by atoms with van der Waals surface area (Å²) in [5, 5.41) is 18.3. The molecule has 6 heteroatoms. The molecule has 1 aromatic rings. The van der Waals surface area contributed by atoms with Gasteiger partial charge in [0.1, 0.15) is 12.4 Å². The van der Waals surface area contributed by atoms with E-state index in [1.807, 2.05) is 0 Å². The van der Waals surface area contributed by atoms with Gasteiger partial charge < -0.3 is 19.8 Å². The lowest BCUT2D eigenvalue weighted by atomic mass is 9.99. The highest BCUT2D eigenvalue weighted by Gasteiger charge is 2.38. The van der Waals surface area contributed by atoms with Gasteiger partial charge in [-0.2, -0.15) is 0 Å². The number of carboxylic acid groups (broad SMARTS) is 1. The lowest BCUT2D eigenvalue weighted by Crippen LogP contribution is -2.54. The number of aliphatic carboxylic acids is 1. The Morgan fingerprint density at radius 1 is 1.53 bits per heavy atom. The number of benzene rings is 1. The zero-order chi connectivity index (χ0) is 14.0. The number of phenols is 1. The third-order valence-corrected chi connectivity index (χ3v) is 3.00. The van der Waals surface area contributed by atoms with Crippen molar-refractivity contribution in [2.45, 2.75) is 18.9 Å². The van der Waals surface area contributed by atoms with Crippen LogP contribution in [0.3, 0.4) is 0 Å². The first-order valence-corrected chi connectivity index (χ1v) is 5.85. The van der Waals surface area contributed by atoms with Crippen LogP contribution in [0.4, 0.5) is 5.69 Å². The van der Waals surface area contributed by atoms with E-state index in [0.717, 1.165) is 0 Å². The Labute approximate surface area is 110 Å². The van der Waals surface area contributed by atoms with Crippen LogP contribution in [0.5, 0.6) is 5.75 Å². The Bertz CT molecular complexity index is 516. The summed E-state index contributed by atoms with van der Waals surface area (Å²) >= 11 is 0. The van der Waals surface area contributed by atoms with Crippen molar-refractivity contribution < 1.29 is 24.5 Å². The molecule has 0 radical (unpaired) electrons. The zero-order valence-electron chi connectivity index (χ0n) is 10.5. The fraction of sp³-hybridized carbons (Fsp3) is 0.385. The second kappa shape index (κ2) is 4.89. The Morgan fingerprint density at radius 3 is 2.89 bits per heavy atom. The quantitative estimate of drug-likeness (QED) is 0.851. The van der Waals surface area contributed by atoms with E-state index in [-0.39, 0.29) is 31.2 Å². The molecule has 1 aromatic carbocycles. The average Bonchev–Trinajstić information content (AvgIpc) is 2.31. The van der Waals surface area contributed by atoms with Gasteiger partial charge in [0, 0.05) is 11.8 Å². The van der Waals surface area contributed by atoms with Crippen LogP contribution >= 0.6 is 0 Å². The molecule has 1 unspecified atom stereocenters. The maximum atomic E-state index is 11.9. The number of carbonyl (C=O) groups excluding carboxylic acids is 1. The lowest BCUT2D eigenvalue weighted by molar-refractivity contribution is -0.151. The molecule has 1 saturated heterocycles. The molecule has 2 rings (SSSR count). The van der Waals surface area contributed by atoms with Gasteiger partial charge in [0.05, 0.1) is 18.6 Å². The minimum absolute atomic E-state index is 0.0525. The van der Waals surface area contributed by atoms with E-state index in [0.29, 0.717) is 5.69 Å². The predicted octanol–water partition coefficient (Wildman–Crippen LogP) is 0.989. The van der Waals surface area contributed by atoms with Crippen LogP contribution in [-0.2, 0) is 14.3 Å². The predicted molar refractivity (Wildman–Crippen MR) is 67.1 cm³/mol. The van der Waals surface area contributed by atoms with Crippen molar-refractivity contribution in [1.29, 1.82) is 0 Å². The molecule has 1 amide bonds. The fourth-order valence-electron chi connectivity index (χ4n) is 2.11. The Balaban J connectivity index is 2.24. The molecular weight excluding hydrogens is 250 g/mol. The fourth-order valence-corrected chi connectivity index (χ4v) is 2.11. The van der Waals surface area contributed by atoms with Gasteiger partial charge in [-0.25, -0.2) is 0 Å². The molecule has 1 aliphatic rings. The first-order chi connectivity index (χ1) is 8.89. The second-order valence-corrected chi connectivity index (χ2v) is 4.81. The van der Waals surface area contributed by atoms with Crippen LogP contribution in [-0.4, -0.2) is 40.8 Å². The van der Waals surface area contributed by atoms with Crippen molar-refractivity contribution >= 4 is 17.6 Å². The number of ether oxygens (including phenoxy) is 1. The van der Waals surface area contributed by atoms with Crippen molar-refractivity contribution in [3.8, 4) is 5.75 Å². The second-order valence-electron chi connectivity index (χ2n) is 4.81. The van der Waals surface area contributed by atoms with Gasteiger partial charge in [0.2, 0.25) is 0 Å². The minimum Gasteiger partial charge on any atom is -0.508 e. The topological polar surface area (TPSA) is 87.1 Å². The Kier molecular flexibility index (Phi) is 3.44. The van der Waals surface area contributed by atoms with Gasteiger partial charge in [-0.1, -0.05) is 6.07 Å². The molecule has 19 heavy (non-hydrogen) atoms. The van der Waals surface area contributed by atoms with Gasteiger partial charge in [-0.3, -0.25) is 9.59 Å². The van der Waals surface area contributed by atoms with Crippen LogP contribution in [0.25, 0.3) is 0 Å². The lowest BCUT2D eigenvalue weighted by Gasteiger charge is -2.39. The number of hydrogen-bond donors (Lipinski definition) is 2. The number of morpholine rings is 1. The van der Waals surface area contributed by atoms with Crippen LogP contribution in [0.15, 0.2) is 24.3 Å². The molecule has 0 aliphatic carbocycles. The monoisotopic (exact) mass is 265 g/mol. The molecule has 0 bridgehead atoms. The first kappa shape index (κ1) is 13.4. The number of carbonyl (C=O) groups is 2. The van der Waals surface area contributed by atoms with Crippen molar-refractivity contribution in [2.24, 2.45) is 0 Å². The Morgan fingerprint density at radius 2 is 2.26 bits per heavy atom. The summed E-state index contributed by atoms with van der Waals surface area (Å²) in [7, 11) is 0. The average molecular weight is 265 g/mol. The third-order valence-electron chi connectivity index (χ3n) is 3.00. The molecule has 0 aromatic heterocycles. The van der Waals surface area contributed by atoms with Crippen LogP contribution in [0.2, 0.25) is 0 Å². The number of amides is 1. The number of aromatic hydroxyl groups is 1. The van der Waals surface area contributed by atoms with Crippen molar-refractivity contribution in [3.05, 3.63) is 24.3 Å². The van der Waals surface area contributed by atoms with E-state index in [1.165, 1.54) is 17.0 Å². The van der Waals surface area contributed by atoms with Crippen molar-refractivity contribution in [2.75, 3.05) is 18.1 Å². The third kappa shape index (κ3) is 3.03. The van der Waals surface area contributed by atoms with Crippen LogP contribution in [0, 0.1) is 0 Å². The molecule has 0 saturated carbocycles. The normalized spacial score (nSPS) is 23.4.